The zero-order valence-corrected chi connectivity index (χ0v) is 11.7. The SMILES string of the molecule is CCNC(C1=CCCCCC1)c1ccccc1C. The summed E-state index contributed by atoms with van der Waals surface area (Å²) < 4.78 is 0. The summed E-state index contributed by atoms with van der Waals surface area (Å²) in [5, 5.41) is 3.67. The minimum absolute atomic E-state index is 0.425. The van der Waals surface area contributed by atoms with Crippen molar-refractivity contribution in [2.24, 2.45) is 0 Å². The highest BCUT2D eigenvalue weighted by molar-refractivity contribution is 5.35. The smallest absolute Gasteiger partial charge is 0.0538 e. The van der Waals surface area contributed by atoms with Gasteiger partial charge in [0.25, 0.3) is 0 Å². The van der Waals surface area contributed by atoms with E-state index in [0.717, 1.165) is 6.54 Å². The Labute approximate surface area is 111 Å². The van der Waals surface area contributed by atoms with Crippen molar-refractivity contribution in [1.29, 1.82) is 0 Å². The molecule has 1 atom stereocenters. The molecule has 0 aliphatic heterocycles. The van der Waals surface area contributed by atoms with Gasteiger partial charge < -0.3 is 5.32 Å². The molecule has 0 radical (unpaired) electrons. The minimum Gasteiger partial charge on any atom is -0.307 e. The van der Waals surface area contributed by atoms with Crippen molar-refractivity contribution in [3.63, 3.8) is 0 Å². The van der Waals surface area contributed by atoms with Gasteiger partial charge in [-0.05, 0) is 50.3 Å². The molecule has 1 unspecified atom stereocenters. The van der Waals surface area contributed by atoms with Crippen LogP contribution in [0, 0.1) is 6.92 Å². The van der Waals surface area contributed by atoms with Gasteiger partial charge in [0.15, 0.2) is 0 Å². The highest BCUT2D eigenvalue weighted by Gasteiger charge is 2.17. The highest BCUT2D eigenvalue weighted by atomic mass is 14.9. The third-order valence-electron chi connectivity index (χ3n) is 3.85. The fraction of sp³-hybridized carbons (Fsp3) is 0.529. The molecule has 0 spiro atoms. The Morgan fingerprint density at radius 3 is 2.78 bits per heavy atom. The lowest BCUT2D eigenvalue weighted by Gasteiger charge is -2.23. The molecule has 1 aromatic carbocycles. The summed E-state index contributed by atoms with van der Waals surface area (Å²) in [5.41, 5.74) is 4.45. The van der Waals surface area contributed by atoms with Crippen molar-refractivity contribution in [2.75, 3.05) is 6.54 Å². The number of benzene rings is 1. The number of aryl methyl sites for hydroxylation is 1. The Bertz CT molecular complexity index is 406. The van der Waals surface area contributed by atoms with Crippen molar-refractivity contribution in [1.82, 2.24) is 5.32 Å². The number of nitrogens with one attached hydrogen (secondary N) is 1. The Morgan fingerprint density at radius 2 is 2.00 bits per heavy atom. The van der Waals surface area contributed by atoms with E-state index in [-0.39, 0.29) is 0 Å². The number of rotatable bonds is 4. The maximum absolute atomic E-state index is 3.67. The highest BCUT2D eigenvalue weighted by Crippen LogP contribution is 2.30. The maximum Gasteiger partial charge on any atom is 0.0538 e. The van der Waals surface area contributed by atoms with Gasteiger partial charge in [-0.25, -0.2) is 0 Å². The third-order valence-corrected chi connectivity index (χ3v) is 3.85. The van der Waals surface area contributed by atoms with E-state index in [4.69, 9.17) is 0 Å². The van der Waals surface area contributed by atoms with E-state index in [1.165, 1.54) is 43.2 Å². The van der Waals surface area contributed by atoms with Gasteiger partial charge in [0.2, 0.25) is 0 Å². The second-order valence-corrected chi connectivity index (χ2v) is 5.23. The molecule has 98 valence electrons. The van der Waals surface area contributed by atoms with Crippen LogP contribution >= 0.6 is 0 Å². The molecule has 1 aliphatic carbocycles. The summed E-state index contributed by atoms with van der Waals surface area (Å²) in [7, 11) is 0. The van der Waals surface area contributed by atoms with Crippen molar-refractivity contribution >= 4 is 0 Å². The minimum atomic E-state index is 0.425. The van der Waals surface area contributed by atoms with Gasteiger partial charge >= 0.3 is 0 Å². The molecule has 1 nitrogen and oxygen atoms in total. The fourth-order valence-electron chi connectivity index (χ4n) is 2.86. The molecule has 1 aromatic rings. The van der Waals surface area contributed by atoms with E-state index in [1.807, 2.05) is 0 Å². The molecule has 0 fully saturated rings. The Kier molecular flexibility index (Phi) is 5.00. The fourth-order valence-corrected chi connectivity index (χ4v) is 2.86. The first kappa shape index (κ1) is 13.4. The lowest BCUT2D eigenvalue weighted by Crippen LogP contribution is -2.23. The number of hydrogen-bond acceptors (Lipinski definition) is 1. The van der Waals surface area contributed by atoms with E-state index in [2.05, 4.69) is 49.5 Å². The molecule has 1 heteroatoms. The van der Waals surface area contributed by atoms with E-state index in [9.17, 15) is 0 Å². The first-order chi connectivity index (χ1) is 8.83. The van der Waals surface area contributed by atoms with Gasteiger partial charge in [-0.15, -0.1) is 0 Å². The number of likely N-dealkylation sites (N-methyl/N-ethyl adjacent to an activating group) is 1. The molecule has 1 N–H and O–H groups in total. The summed E-state index contributed by atoms with van der Waals surface area (Å²) in [5.74, 6) is 0. The van der Waals surface area contributed by atoms with Crippen LogP contribution in [0.5, 0.6) is 0 Å². The lowest BCUT2D eigenvalue weighted by atomic mass is 9.92. The number of allylic oxidation sites excluding steroid dienone is 1. The summed E-state index contributed by atoms with van der Waals surface area (Å²) in [4.78, 5) is 0. The quantitative estimate of drug-likeness (QED) is 0.766. The van der Waals surface area contributed by atoms with E-state index < -0.39 is 0 Å². The van der Waals surface area contributed by atoms with Gasteiger partial charge in [-0.2, -0.15) is 0 Å². The van der Waals surface area contributed by atoms with Crippen LogP contribution in [-0.4, -0.2) is 6.54 Å². The average molecular weight is 243 g/mol. The van der Waals surface area contributed by atoms with Crippen LogP contribution in [0.4, 0.5) is 0 Å². The van der Waals surface area contributed by atoms with E-state index in [1.54, 1.807) is 5.57 Å². The van der Waals surface area contributed by atoms with E-state index >= 15 is 0 Å². The Morgan fingerprint density at radius 1 is 1.17 bits per heavy atom. The summed E-state index contributed by atoms with van der Waals surface area (Å²) in [6.45, 7) is 5.44. The molecule has 1 aliphatic rings. The van der Waals surface area contributed by atoms with Crippen LogP contribution in [0.25, 0.3) is 0 Å². The molecule has 2 rings (SSSR count). The second-order valence-electron chi connectivity index (χ2n) is 5.23. The van der Waals surface area contributed by atoms with Crippen LogP contribution in [0.1, 0.15) is 56.2 Å². The standard InChI is InChI=1S/C17H25N/c1-3-18-17(15-11-6-4-5-7-12-15)16-13-9-8-10-14(16)2/h8-11,13,17-18H,3-7,12H2,1-2H3. The molecule has 0 heterocycles. The van der Waals surface area contributed by atoms with Gasteiger partial charge in [0.05, 0.1) is 6.04 Å². The molecule has 0 saturated heterocycles. The average Bonchev–Trinajstić information content (AvgIpc) is 2.66. The van der Waals surface area contributed by atoms with Crippen molar-refractivity contribution in [3.8, 4) is 0 Å². The molecule has 0 aromatic heterocycles. The van der Waals surface area contributed by atoms with Gasteiger partial charge in [0, 0.05) is 0 Å². The normalized spacial score (nSPS) is 18.0. The molecule has 0 bridgehead atoms. The zero-order chi connectivity index (χ0) is 12.8. The number of hydrogen-bond donors (Lipinski definition) is 1. The zero-order valence-electron chi connectivity index (χ0n) is 11.7. The summed E-state index contributed by atoms with van der Waals surface area (Å²) in [6.07, 6.45) is 9.07. The van der Waals surface area contributed by atoms with Crippen molar-refractivity contribution in [2.45, 2.75) is 52.0 Å². The summed E-state index contributed by atoms with van der Waals surface area (Å²) in [6, 6.07) is 9.20. The Balaban J connectivity index is 2.27. The summed E-state index contributed by atoms with van der Waals surface area (Å²) >= 11 is 0. The van der Waals surface area contributed by atoms with Gasteiger partial charge in [-0.3, -0.25) is 0 Å². The molecule has 18 heavy (non-hydrogen) atoms. The van der Waals surface area contributed by atoms with Crippen LogP contribution in [0.15, 0.2) is 35.9 Å². The monoisotopic (exact) mass is 243 g/mol. The topological polar surface area (TPSA) is 12.0 Å². The predicted molar refractivity (Wildman–Crippen MR) is 78.8 cm³/mol. The van der Waals surface area contributed by atoms with Crippen molar-refractivity contribution < 1.29 is 0 Å². The van der Waals surface area contributed by atoms with Crippen LogP contribution in [-0.2, 0) is 0 Å². The van der Waals surface area contributed by atoms with Crippen LogP contribution < -0.4 is 5.32 Å². The van der Waals surface area contributed by atoms with Crippen molar-refractivity contribution in [3.05, 3.63) is 47.0 Å². The molecule has 0 saturated carbocycles. The molecule has 0 amide bonds. The maximum atomic E-state index is 3.67. The van der Waals surface area contributed by atoms with Crippen LogP contribution in [0.2, 0.25) is 0 Å². The predicted octanol–water partition coefficient (Wildman–Crippen LogP) is 4.54. The Hall–Kier alpha value is -1.08. The van der Waals surface area contributed by atoms with Crippen LogP contribution in [0.3, 0.4) is 0 Å². The van der Waals surface area contributed by atoms with Gasteiger partial charge in [-0.1, -0.05) is 49.3 Å². The second kappa shape index (κ2) is 6.75. The van der Waals surface area contributed by atoms with E-state index in [0.29, 0.717) is 6.04 Å². The largest absolute Gasteiger partial charge is 0.307 e. The lowest BCUT2D eigenvalue weighted by molar-refractivity contribution is 0.587. The third kappa shape index (κ3) is 3.23. The molecular formula is C17H25N. The molecular weight excluding hydrogens is 218 g/mol. The van der Waals surface area contributed by atoms with Gasteiger partial charge in [0.1, 0.15) is 0 Å². The first-order valence-corrected chi connectivity index (χ1v) is 7.30. The first-order valence-electron chi connectivity index (χ1n) is 7.30.